The van der Waals surface area contributed by atoms with Crippen LogP contribution in [-0.2, 0) is 4.79 Å². The minimum atomic E-state index is -0.824. The van der Waals surface area contributed by atoms with Gasteiger partial charge in [0.2, 0.25) is 0 Å². The highest BCUT2D eigenvalue weighted by Gasteiger charge is 2.12. The van der Waals surface area contributed by atoms with Crippen LogP contribution < -0.4 is 10.6 Å². The summed E-state index contributed by atoms with van der Waals surface area (Å²) in [7, 11) is 0. The van der Waals surface area contributed by atoms with Crippen molar-refractivity contribution in [3.05, 3.63) is 54.6 Å². The molecule has 0 aromatic heterocycles. The van der Waals surface area contributed by atoms with Crippen LogP contribution in [0.15, 0.2) is 54.6 Å². The van der Waals surface area contributed by atoms with Gasteiger partial charge in [-0.25, -0.2) is 0 Å². The summed E-state index contributed by atoms with van der Waals surface area (Å²) < 4.78 is 0. The van der Waals surface area contributed by atoms with Crippen molar-refractivity contribution < 1.29 is 9.90 Å². The van der Waals surface area contributed by atoms with E-state index < -0.39 is 5.97 Å². The van der Waals surface area contributed by atoms with Gasteiger partial charge in [-0.1, -0.05) is 30.3 Å². The number of hydrogen-bond donors (Lipinski definition) is 2. The van der Waals surface area contributed by atoms with Gasteiger partial charge >= 0.3 is 5.97 Å². The van der Waals surface area contributed by atoms with Gasteiger partial charge in [0.15, 0.2) is 0 Å². The quantitative estimate of drug-likeness (QED) is 0.807. The maximum absolute atomic E-state index is 10.8. The molecule has 19 heavy (non-hydrogen) atoms. The molecule has 0 unspecified atom stereocenters. The van der Waals surface area contributed by atoms with E-state index in [1.54, 1.807) is 0 Å². The zero-order chi connectivity index (χ0) is 13.7. The Hall–Kier alpha value is -2.49. The van der Waals surface area contributed by atoms with Gasteiger partial charge in [-0.2, -0.15) is 0 Å². The highest BCUT2D eigenvalue weighted by Crippen LogP contribution is 2.30. The first-order chi connectivity index (χ1) is 9.18. The molecule has 0 aliphatic rings. The fourth-order valence-corrected chi connectivity index (χ4v) is 1.94. The Bertz CT molecular complexity index is 555. The third kappa shape index (κ3) is 3.25. The number of aliphatic carboxylic acids is 1. The number of nitrogen functional groups attached to an aromatic ring is 1. The summed E-state index contributed by atoms with van der Waals surface area (Å²) in [6.45, 7) is 0.382. The Labute approximate surface area is 112 Å². The molecule has 2 aromatic carbocycles. The third-order valence-electron chi connectivity index (χ3n) is 2.84. The van der Waals surface area contributed by atoms with E-state index in [-0.39, 0.29) is 6.42 Å². The molecule has 0 spiro atoms. The topological polar surface area (TPSA) is 66.6 Å². The summed E-state index contributed by atoms with van der Waals surface area (Å²) in [6, 6.07) is 17.1. The predicted molar refractivity (Wildman–Crippen MR) is 76.6 cm³/mol. The average Bonchev–Trinajstić information content (AvgIpc) is 2.42. The maximum atomic E-state index is 10.8. The van der Waals surface area contributed by atoms with Crippen LogP contribution in [0, 0.1) is 0 Å². The van der Waals surface area contributed by atoms with Crippen molar-refractivity contribution in [3.63, 3.8) is 0 Å². The molecule has 98 valence electrons. The van der Waals surface area contributed by atoms with Gasteiger partial charge in [-0.05, 0) is 24.3 Å². The van der Waals surface area contributed by atoms with E-state index >= 15 is 0 Å². The number of nitrogens with two attached hydrogens (primary N) is 1. The van der Waals surface area contributed by atoms with Crippen LogP contribution in [0.1, 0.15) is 6.42 Å². The van der Waals surface area contributed by atoms with Crippen LogP contribution in [0.2, 0.25) is 0 Å². The standard InChI is InChI=1S/C15H16N2O2/c16-13-8-4-5-9-14(13)17(11-10-15(18)19)12-6-2-1-3-7-12/h1-9H,10-11,16H2,(H,18,19). The molecule has 4 heteroatoms. The summed E-state index contributed by atoms with van der Waals surface area (Å²) in [4.78, 5) is 12.7. The Morgan fingerprint density at radius 3 is 2.32 bits per heavy atom. The number of anilines is 3. The van der Waals surface area contributed by atoms with Crippen molar-refractivity contribution in [2.45, 2.75) is 6.42 Å². The number of carbonyl (C=O) groups is 1. The minimum Gasteiger partial charge on any atom is -0.481 e. The maximum Gasteiger partial charge on any atom is 0.305 e. The van der Waals surface area contributed by atoms with Crippen LogP contribution in [-0.4, -0.2) is 17.6 Å². The normalized spacial score (nSPS) is 10.1. The number of carboxylic acid groups (broad SMARTS) is 1. The van der Waals surface area contributed by atoms with Gasteiger partial charge in [0, 0.05) is 12.2 Å². The molecule has 0 atom stereocenters. The number of carboxylic acids is 1. The largest absolute Gasteiger partial charge is 0.481 e. The van der Waals surface area contributed by atoms with E-state index in [0.717, 1.165) is 11.4 Å². The summed E-state index contributed by atoms with van der Waals surface area (Å²) >= 11 is 0. The molecule has 0 aliphatic heterocycles. The molecule has 0 aliphatic carbocycles. The van der Waals surface area contributed by atoms with Crippen molar-refractivity contribution >= 4 is 23.0 Å². The second-order valence-electron chi connectivity index (χ2n) is 4.19. The SMILES string of the molecule is Nc1ccccc1N(CCC(=O)O)c1ccccc1. The first kappa shape index (κ1) is 13.0. The van der Waals surface area contributed by atoms with Crippen molar-refractivity contribution in [1.82, 2.24) is 0 Å². The Kier molecular flexibility index (Phi) is 4.03. The fourth-order valence-electron chi connectivity index (χ4n) is 1.94. The van der Waals surface area contributed by atoms with Gasteiger partial charge in [-0.15, -0.1) is 0 Å². The first-order valence-corrected chi connectivity index (χ1v) is 6.07. The monoisotopic (exact) mass is 256 g/mol. The molecule has 4 nitrogen and oxygen atoms in total. The summed E-state index contributed by atoms with van der Waals surface area (Å²) in [5.41, 5.74) is 8.37. The van der Waals surface area contributed by atoms with E-state index in [4.69, 9.17) is 10.8 Å². The van der Waals surface area contributed by atoms with Crippen LogP contribution in [0.5, 0.6) is 0 Å². The molecule has 0 saturated heterocycles. The van der Waals surface area contributed by atoms with Gasteiger partial charge < -0.3 is 15.7 Å². The van der Waals surface area contributed by atoms with E-state index in [1.807, 2.05) is 59.5 Å². The van der Waals surface area contributed by atoms with Crippen LogP contribution in [0.3, 0.4) is 0 Å². The first-order valence-electron chi connectivity index (χ1n) is 6.07. The number of para-hydroxylation sites is 3. The molecule has 0 heterocycles. The summed E-state index contributed by atoms with van der Waals surface area (Å²) in [5.74, 6) is -0.824. The van der Waals surface area contributed by atoms with Crippen molar-refractivity contribution in [3.8, 4) is 0 Å². The zero-order valence-electron chi connectivity index (χ0n) is 10.5. The number of rotatable bonds is 5. The summed E-state index contributed by atoms with van der Waals surface area (Å²) in [5, 5.41) is 8.87. The fraction of sp³-hybridized carbons (Fsp3) is 0.133. The van der Waals surface area contributed by atoms with E-state index in [2.05, 4.69) is 0 Å². The lowest BCUT2D eigenvalue weighted by atomic mass is 10.2. The molecule has 0 fully saturated rings. The average molecular weight is 256 g/mol. The molecule has 2 rings (SSSR count). The van der Waals surface area contributed by atoms with Gasteiger partial charge in [0.05, 0.1) is 17.8 Å². The molecular formula is C15H16N2O2. The zero-order valence-corrected chi connectivity index (χ0v) is 10.5. The van der Waals surface area contributed by atoms with Crippen LogP contribution in [0.4, 0.5) is 17.1 Å². The Morgan fingerprint density at radius 2 is 1.68 bits per heavy atom. The molecule has 0 amide bonds. The number of nitrogens with zero attached hydrogens (tertiary/aromatic N) is 1. The van der Waals surface area contributed by atoms with Crippen molar-refractivity contribution in [2.24, 2.45) is 0 Å². The van der Waals surface area contributed by atoms with E-state index in [1.165, 1.54) is 0 Å². The van der Waals surface area contributed by atoms with Crippen molar-refractivity contribution in [2.75, 3.05) is 17.2 Å². The van der Waals surface area contributed by atoms with E-state index in [9.17, 15) is 4.79 Å². The van der Waals surface area contributed by atoms with E-state index in [0.29, 0.717) is 12.2 Å². The lowest BCUT2D eigenvalue weighted by Crippen LogP contribution is -2.21. The van der Waals surface area contributed by atoms with Crippen molar-refractivity contribution in [1.29, 1.82) is 0 Å². The second kappa shape index (κ2) is 5.91. The molecule has 0 saturated carbocycles. The minimum absolute atomic E-state index is 0.0588. The number of hydrogen-bond acceptors (Lipinski definition) is 3. The van der Waals surface area contributed by atoms with Gasteiger partial charge in [0.25, 0.3) is 0 Å². The molecule has 2 aromatic rings. The highest BCUT2D eigenvalue weighted by molar-refractivity contribution is 5.76. The second-order valence-corrected chi connectivity index (χ2v) is 4.19. The van der Waals surface area contributed by atoms with Crippen LogP contribution in [0.25, 0.3) is 0 Å². The predicted octanol–water partition coefficient (Wildman–Crippen LogP) is 2.88. The molecule has 0 radical (unpaired) electrons. The molecule has 3 N–H and O–H groups in total. The van der Waals surface area contributed by atoms with Crippen LogP contribution >= 0.6 is 0 Å². The summed E-state index contributed by atoms with van der Waals surface area (Å²) in [6.07, 6.45) is 0.0588. The number of benzene rings is 2. The Morgan fingerprint density at radius 1 is 1.05 bits per heavy atom. The smallest absolute Gasteiger partial charge is 0.305 e. The van der Waals surface area contributed by atoms with Gasteiger partial charge in [0.1, 0.15) is 0 Å². The Balaban J connectivity index is 2.35. The highest BCUT2D eigenvalue weighted by atomic mass is 16.4. The lowest BCUT2D eigenvalue weighted by molar-refractivity contribution is -0.136. The van der Waals surface area contributed by atoms with Gasteiger partial charge in [-0.3, -0.25) is 4.79 Å². The molecule has 0 bridgehead atoms. The lowest BCUT2D eigenvalue weighted by Gasteiger charge is -2.25. The third-order valence-corrected chi connectivity index (χ3v) is 2.84. The molecular weight excluding hydrogens is 240 g/mol.